The number of ketones is 1. The summed E-state index contributed by atoms with van der Waals surface area (Å²) in [7, 11) is 0. The Morgan fingerprint density at radius 1 is 1.40 bits per heavy atom. The van der Waals surface area contributed by atoms with E-state index in [0.29, 0.717) is 5.56 Å². The van der Waals surface area contributed by atoms with Crippen LogP contribution in [0.3, 0.4) is 0 Å². The molecule has 9 nitrogen and oxygen atoms in total. The zero-order chi connectivity index (χ0) is 18.3. The van der Waals surface area contributed by atoms with E-state index in [2.05, 4.69) is 0 Å². The third kappa shape index (κ3) is 2.86. The van der Waals surface area contributed by atoms with Crippen LogP contribution in [0.4, 0.5) is 5.69 Å². The van der Waals surface area contributed by atoms with Crippen molar-refractivity contribution in [1.82, 2.24) is 4.90 Å². The number of carbonyl (C=O) groups excluding carboxylic acids is 3. The number of β-lactam (4-membered cyclic amide) rings is 1. The molecule has 4 atom stereocenters. The van der Waals surface area contributed by atoms with Crippen LogP contribution in [-0.4, -0.2) is 50.8 Å². The first-order valence-electron chi connectivity index (χ1n) is 7.74. The number of benzene rings is 1. The summed E-state index contributed by atoms with van der Waals surface area (Å²) in [6.45, 7) is 1.32. The molecular weight excluding hydrogens is 332 g/mol. The fourth-order valence-electron chi connectivity index (χ4n) is 3.33. The molecule has 3 rings (SSSR count). The van der Waals surface area contributed by atoms with Gasteiger partial charge in [0.1, 0.15) is 6.61 Å². The van der Waals surface area contributed by atoms with Crippen molar-refractivity contribution in [2.75, 3.05) is 0 Å². The second kappa shape index (κ2) is 6.25. The molecule has 0 aliphatic carbocycles. The lowest BCUT2D eigenvalue weighted by Crippen LogP contribution is -2.64. The van der Waals surface area contributed by atoms with Crippen LogP contribution in [0.1, 0.15) is 18.9 Å². The van der Waals surface area contributed by atoms with Gasteiger partial charge < -0.3 is 14.7 Å². The minimum absolute atomic E-state index is 0.0264. The minimum Gasteiger partial charge on any atom is -0.459 e. The Kier molecular flexibility index (Phi) is 4.25. The normalized spacial score (nSPS) is 26.0. The molecule has 2 heterocycles. The van der Waals surface area contributed by atoms with Gasteiger partial charge >= 0.3 is 5.97 Å². The maximum Gasteiger partial charge on any atom is 0.337 e. The molecule has 0 saturated carbocycles. The van der Waals surface area contributed by atoms with Crippen LogP contribution in [0.5, 0.6) is 0 Å². The molecule has 2 aliphatic rings. The summed E-state index contributed by atoms with van der Waals surface area (Å²) in [5, 5.41) is 20.2. The Hall–Kier alpha value is -2.81. The highest BCUT2D eigenvalue weighted by Gasteiger charge is 2.61. The number of hydrogen-bond donors (Lipinski definition) is 1. The number of carbonyl (C=O) groups is 3. The van der Waals surface area contributed by atoms with Gasteiger partial charge in [0.15, 0.2) is 11.8 Å². The van der Waals surface area contributed by atoms with Gasteiger partial charge in [0.05, 0.1) is 23.0 Å². The number of ether oxygens (including phenoxy) is 1. The van der Waals surface area contributed by atoms with Gasteiger partial charge in [-0.3, -0.25) is 19.7 Å². The number of non-ortho nitro benzene ring substituents is 1. The van der Waals surface area contributed by atoms with E-state index in [9.17, 15) is 29.6 Å². The number of esters is 1. The topological polar surface area (TPSA) is 127 Å². The fourth-order valence-corrected chi connectivity index (χ4v) is 3.33. The number of nitro groups is 1. The smallest absolute Gasteiger partial charge is 0.337 e. The molecule has 0 aromatic heterocycles. The van der Waals surface area contributed by atoms with Crippen LogP contribution in [-0.2, 0) is 25.7 Å². The predicted molar refractivity (Wildman–Crippen MR) is 82.1 cm³/mol. The number of amides is 1. The third-order valence-corrected chi connectivity index (χ3v) is 4.58. The monoisotopic (exact) mass is 348 g/mol. The van der Waals surface area contributed by atoms with Crippen molar-refractivity contribution < 1.29 is 29.2 Å². The molecule has 0 bridgehead atoms. The van der Waals surface area contributed by atoms with Gasteiger partial charge in [-0.1, -0.05) is 0 Å². The summed E-state index contributed by atoms with van der Waals surface area (Å²) < 4.78 is 5.09. The molecule has 2 fully saturated rings. The van der Waals surface area contributed by atoms with Crippen molar-refractivity contribution in [2.24, 2.45) is 5.92 Å². The average molecular weight is 348 g/mol. The lowest BCUT2D eigenvalue weighted by atomic mass is 9.84. The number of rotatable bonds is 5. The molecule has 2 saturated heterocycles. The molecule has 0 spiro atoms. The highest BCUT2D eigenvalue weighted by Crippen LogP contribution is 2.40. The van der Waals surface area contributed by atoms with Crippen molar-refractivity contribution in [3.63, 3.8) is 0 Å². The molecule has 1 aromatic rings. The number of nitrogens with zero attached hydrogens (tertiary/aromatic N) is 2. The maximum atomic E-state index is 12.2. The van der Waals surface area contributed by atoms with Gasteiger partial charge in [-0.15, -0.1) is 0 Å². The summed E-state index contributed by atoms with van der Waals surface area (Å²) in [4.78, 5) is 47.6. The Morgan fingerprint density at radius 2 is 2.04 bits per heavy atom. The van der Waals surface area contributed by atoms with Gasteiger partial charge in [-0.2, -0.15) is 0 Å². The summed E-state index contributed by atoms with van der Waals surface area (Å²) in [6, 6.07) is 3.73. The zero-order valence-corrected chi connectivity index (χ0v) is 13.3. The van der Waals surface area contributed by atoms with Crippen LogP contribution in [0.2, 0.25) is 0 Å². The Balaban J connectivity index is 1.63. The number of Topliss-reactive ketones (excluding diaryl/α,β-unsaturated/α-hetero) is 1. The van der Waals surface area contributed by atoms with E-state index >= 15 is 0 Å². The van der Waals surface area contributed by atoms with E-state index in [1.54, 1.807) is 0 Å². The quantitative estimate of drug-likeness (QED) is 0.264. The summed E-state index contributed by atoms with van der Waals surface area (Å²) in [5.41, 5.74) is 0.442. The lowest BCUT2D eigenvalue weighted by Gasteiger charge is -2.45. The second-order valence-corrected chi connectivity index (χ2v) is 6.18. The Bertz CT molecular complexity index is 743. The van der Waals surface area contributed by atoms with Gasteiger partial charge in [0.25, 0.3) is 5.69 Å². The molecule has 1 N–H and O–H groups in total. The molecule has 1 aromatic carbocycles. The first-order chi connectivity index (χ1) is 11.8. The first kappa shape index (κ1) is 17.0. The van der Waals surface area contributed by atoms with E-state index in [1.807, 2.05) is 0 Å². The van der Waals surface area contributed by atoms with Crippen molar-refractivity contribution in [2.45, 2.75) is 38.1 Å². The van der Waals surface area contributed by atoms with E-state index in [4.69, 9.17) is 4.74 Å². The molecule has 9 heteroatoms. The highest BCUT2D eigenvalue weighted by atomic mass is 16.6. The SMILES string of the molecule is C[C@@H](O)[C@H]1C(=O)N2[C@@H](C(=O)OCc3ccc([N+](=O)[O-])cc3)C(=O)C[C@H]12. The Morgan fingerprint density at radius 3 is 2.60 bits per heavy atom. The summed E-state index contributed by atoms with van der Waals surface area (Å²) in [5.74, 6) is -2.32. The van der Waals surface area contributed by atoms with Crippen LogP contribution in [0.15, 0.2) is 24.3 Å². The number of fused-ring (bicyclic) bond motifs is 1. The average Bonchev–Trinajstić information content (AvgIpc) is 2.85. The number of aliphatic hydroxyl groups excluding tert-OH is 1. The first-order valence-corrected chi connectivity index (χ1v) is 7.74. The molecule has 25 heavy (non-hydrogen) atoms. The number of hydrogen-bond acceptors (Lipinski definition) is 7. The van der Waals surface area contributed by atoms with Crippen LogP contribution in [0, 0.1) is 16.0 Å². The van der Waals surface area contributed by atoms with Crippen molar-refractivity contribution in [3.8, 4) is 0 Å². The lowest BCUT2D eigenvalue weighted by molar-refractivity contribution is -0.384. The zero-order valence-electron chi connectivity index (χ0n) is 13.3. The third-order valence-electron chi connectivity index (χ3n) is 4.58. The van der Waals surface area contributed by atoms with Gasteiger partial charge in [0, 0.05) is 18.6 Å². The maximum absolute atomic E-state index is 12.2. The van der Waals surface area contributed by atoms with Crippen molar-refractivity contribution >= 4 is 23.3 Å². The van der Waals surface area contributed by atoms with Gasteiger partial charge in [-0.25, -0.2) is 4.79 Å². The Labute approximate surface area is 142 Å². The van der Waals surface area contributed by atoms with Gasteiger partial charge in [0.2, 0.25) is 5.91 Å². The fraction of sp³-hybridized carbons (Fsp3) is 0.438. The van der Waals surface area contributed by atoms with E-state index < -0.39 is 46.7 Å². The standard InChI is InChI=1S/C16H16N2O7/c1-8(19)13-11-6-12(20)14(17(11)15(13)21)16(22)25-7-9-2-4-10(5-3-9)18(23)24/h2-5,8,11,13-14,19H,6-7H2,1H3/t8-,11-,13-,14-/m1/s1. The van der Waals surface area contributed by atoms with E-state index in [0.717, 1.165) is 0 Å². The van der Waals surface area contributed by atoms with Crippen LogP contribution < -0.4 is 0 Å². The largest absolute Gasteiger partial charge is 0.459 e. The van der Waals surface area contributed by atoms with Crippen LogP contribution in [0.25, 0.3) is 0 Å². The van der Waals surface area contributed by atoms with Crippen molar-refractivity contribution in [1.29, 1.82) is 0 Å². The molecule has 0 unspecified atom stereocenters. The molecule has 1 amide bonds. The van der Waals surface area contributed by atoms with E-state index in [-0.39, 0.29) is 18.7 Å². The van der Waals surface area contributed by atoms with E-state index in [1.165, 1.54) is 36.1 Å². The highest BCUT2D eigenvalue weighted by molar-refractivity contribution is 6.11. The van der Waals surface area contributed by atoms with Crippen LogP contribution >= 0.6 is 0 Å². The molecule has 2 aliphatic heterocycles. The number of nitro benzene ring substituents is 1. The minimum atomic E-state index is -1.27. The summed E-state index contributed by atoms with van der Waals surface area (Å²) in [6.07, 6.45) is -0.852. The molecule has 132 valence electrons. The number of aliphatic hydroxyl groups is 1. The molecular formula is C16H16N2O7. The second-order valence-electron chi connectivity index (χ2n) is 6.18. The predicted octanol–water partition coefficient (Wildman–Crippen LogP) is 0.187. The molecule has 0 radical (unpaired) electrons. The summed E-state index contributed by atoms with van der Waals surface area (Å²) >= 11 is 0. The van der Waals surface area contributed by atoms with Gasteiger partial charge in [-0.05, 0) is 24.6 Å². The van der Waals surface area contributed by atoms with Crippen molar-refractivity contribution in [3.05, 3.63) is 39.9 Å².